The van der Waals surface area contributed by atoms with Crippen LogP contribution < -0.4 is 5.84 Å². The molecule has 0 aliphatic rings. The first kappa shape index (κ1) is 57.7. The van der Waals surface area contributed by atoms with Crippen LogP contribution in [-0.4, -0.2) is 89.8 Å². The molecular formula is C52H67N5O10. The number of aliphatic hydroxyl groups excluding tert-OH is 2. The number of ketones is 1. The number of ether oxygens (including phenoxy) is 4. The number of Topliss-reactive ketones (excluding diaryl/α,β-unsaturated/α-hetero) is 1. The number of carbonyl (C=O) groups is 4. The number of nitrogens with two attached hydrogens (primary N) is 1. The summed E-state index contributed by atoms with van der Waals surface area (Å²) in [5, 5.41) is 26.9. The van der Waals surface area contributed by atoms with Gasteiger partial charge in [-0.2, -0.15) is 5.10 Å². The van der Waals surface area contributed by atoms with E-state index >= 15 is 0 Å². The van der Waals surface area contributed by atoms with Crippen molar-refractivity contribution in [1.82, 2.24) is 10.0 Å². The van der Waals surface area contributed by atoms with Gasteiger partial charge in [-0.1, -0.05) is 121 Å². The van der Waals surface area contributed by atoms with Gasteiger partial charge in [0.15, 0.2) is 5.78 Å². The minimum atomic E-state index is -0.636. The van der Waals surface area contributed by atoms with Crippen LogP contribution in [-0.2, 0) is 64.3 Å². The first-order valence-corrected chi connectivity index (χ1v) is 21.7. The number of esters is 3. The molecule has 0 saturated heterocycles. The number of hydrazone groups is 1. The van der Waals surface area contributed by atoms with Crippen molar-refractivity contribution in [3.05, 3.63) is 178 Å². The molecule has 67 heavy (non-hydrogen) atoms. The van der Waals surface area contributed by atoms with Gasteiger partial charge in [0.1, 0.15) is 34.5 Å². The van der Waals surface area contributed by atoms with Crippen molar-refractivity contribution >= 4 is 36.1 Å². The van der Waals surface area contributed by atoms with Crippen molar-refractivity contribution in [2.24, 2.45) is 15.9 Å². The SMILES string of the molecule is CCOC(=O)C(C=NC)=C(C)O.CCOC(=O)C(C=NN(Cc1ccccc1)Cc1ccccc1)=C(C)O.CCOC=C(C(C)=O)C(=O)OCC.NN(Cc1ccccc1)Cc1ccccc1. The van der Waals surface area contributed by atoms with E-state index in [9.17, 15) is 24.3 Å². The summed E-state index contributed by atoms with van der Waals surface area (Å²) in [7, 11) is 1.52. The van der Waals surface area contributed by atoms with Crippen molar-refractivity contribution in [3.63, 3.8) is 0 Å². The fraction of sp³-hybridized carbons (Fsp3) is 0.308. The van der Waals surface area contributed by atoms with Gasteiger partial charge in [0.25, 0.3) is 0 Å². The third-order valence-electron chi connectivity index (χ3n) is 8.49. The van der Waals surface area contributed by atoms with Gasteiger partial charge in [0.05, 0.1) is 45.7 Å². The van der Waals surface area contributed by atoms with Crippen LogP contribution in [0.3, 0.4) is 0 Å². The molecule has 0 radical (unpaired) electrons. The topological polar surface area (TPSA) is 203 Å². The second-order valence-corrected chi connectivity index (χ2v) is 14.0. The first-order valence-electron chi connectivity index (χ1n) is 21.7. The number of carbonyl (C=O) groups excluding carboxylic acids is 4. The molecule has 15 heteroatoms. The van der Waals surface area contributed by atoms with Crippen molar-refractivity contribution in [2.75, 3.05) is 33.5 Å². The zero-order chi connectivity index (χ0) is 49.8. The highest BCUT2D eigenvalue weighted by Crippen LogP contribution is 2.12. The molecule has 0 atom stereocenters. The largest absolute Gasteiger partial charge is 0.512 e. The van der Waals surface area contributed by atoms with Crippen LogP contribution in [0.4, 0.5) is 0 Å². The Hall–Kier alpha value is -7.36. The van der Waals surface area contributed by atoms with E-state index < -0.39 is 17.9 Å². The fourth-order valence-corrected chi connectivity index (χ4v) is 5.34. The van der Waals surface area contributed by atoms with E-state index in [-0.39, 0.29) is 53.8 Å². The van der Waals surface area contributed by atoms with E-state index in [2.05, 4.69) is 43.8 Å². The molecule has 15 nitrogen and oxygen atoms in total. The number of nitrogens with zero attached hydrogens (tertiary/aromatic N) is 4. The van der Waals surface area contributed by atoms with Crippen molar-refractivity contribution in [3.8, 4) is 0 Å². The third kappa shape index (κ3) is 25.6. The minimum Gasteiger partial charge on any atom is -0.512 e. The van der Waals surface area contributed by atoms with Gasteiger partial charge in [-0.05, 0) is 70.7 Å². The van der Waals surface area contributed by atoms with Crippen LogP contribution in [0.5, 0.6) is 0 Å². The molecule has 0 aliphatic carbocycles. The maximum atomic E-state index is 12.0. The van der Waals surface area contributed by atoms with E-state index in [0.717, 1.165) is 30.5 Å². The van der Waals surface area contributed by atoms with E-state index in [1.165, 1.54) is 51.4 Å². The molecule has 0 amide bonds. The predicted molar refractivity (Wildman–Crippen MR) is 262 cm³/mol. The number of hydrogen-bond acceptors (Lipinski definition) is 15. The van der Waals surface area contributed by atoms with Gasteiger partial charge in [-0.3, -0.25) is 20.6 Å². The average molecular weight is 922 g/mol. The van der Waals surface area contributed by atoms with Gasteiger partial charge >= 0.3 is 17.9 Å². The Bertz CT molecular complexity index is 2100. The van der Waals surface area contributed by atoms with E-state index in [1.807, 2.05) is 107 Å². The first-order chi connectivity index (χ1) is 32.2. The highest BCUT2D eigenvalue weighted by Gasteiger charge is 2.16. The quantitative estimate of drug-likeness (QED) is 0.00875. The molecule has 0 heterocycles. The maximum Gasteiger partial charge on any atom is 0.344 e. The molecule has 0 fully saturated rings. The molecule has 0 saturated carbocycles. The van der Waals surface area contributed by atoms with Gasteiger partial charge in [-0.25, -0.2) is 19.4 Å². The molecule has 4 aromatic carbocycles. The van der Waals surface area contributed by atoms with Crippen LogP contribution in [0.2, 0.25) is 0 Å². The summed E-state index contributed by atoms with van der Waals surface area (Å²) >= 11 is 0. The summed E-state index contributed by atoms with van der Waals surface area (Å²) in [6, 6.07) is 40.4. The van der Waals surface area contributed by atoms with Crippen LogP contribution in [0.25, 0.3) is 0 Å². The summed E-state index contributed by atoms with van der Waals surface area (Å²) in [6.45, 7) is 14.9. The Morgan fingerprint density at radius 3 is 1.19 bits per heavy atom. The smallest absolute Gasteiger partial charge is 0.344 e. The summed E-state index contributed by atoms with van der Waals surface area (Å²) in [5.74, 6) is 3.64. The summed E-state index contributed by atoms with van der Waals surface area (Å²) in [4.78, 5) is 48.6. The summed E-state index contributed by atoms with van der Waals surface area (Å²) < 4.78 is 19.1. The molecule has 4 rings (SSSR count). The van der Waals surface area contributed by atoms with E-state index in [0.29, 0.717) is 19.7 Å². The zero-order valence-electron chi connectivity index (χ0n) is 40.0. The Labute approximate surface area is 395 Å². The number of hydrazine groups is 1. The molecular weight excluding hydrogens is 855 g/mol. The monoisotopic (exact) mass is 921 g/mol. The fourth-order valence-electron chi connectivity index (χ4n) is 5.34. The molecule has 360 valence electrons. The number of rotatable bonds is 20. The second kappa shape index (κ2) is 35.0. The molecule has 0 spiro atoms. The molecule has 0 bridgehead atoms. The Kier molecular flexibility index (Phi) is 30.1. The van der Waals surface area contributed by atoms with Gasteiger partial charge in [0.2, 0.25) is 0 Å². The maximum absolute atomic E-state index is 12.0. The highest BCUT2D eigenvalue weighted by atomic mass is 16.5. The second-order valence-electron chi connectivity index (χ2n) is 14.0. The lowest BCUT2D eigenvalue weighted by molar-refractivity contribution is -0.140. The van der Waals surface area contributed by atoms with Gasteiger partial charge in [0, 0.05) is 26.4 Å². The number of hydrogen-bond donors (Lipinski definition) is 3. The molecule has 0 aromatic heterocycles. The van der Waals surface area contributed by atoms with Crippen LogP contribution in [0.15, 0.2) is 166 Å². The number of benzene rings is 4. The number of aliphatic imine (C=N–C) groups is 1. The minimum absolute atomic E-state index is 0.0521. The van der Waals surface area contributed by atoms with Gasteiger partial charge in [-0.15, -0.1) is 0 Å². The van der Waals surface area contributed by atoms with Crippen LogP contribution >= 0.6 is 0 Å². The van der Waals surface area contributed by atoms with Crippen LogP contribution in [0.1, 0.15) is 70.7 Å². The highest BCUT2D eigenvalue weighted by molar-refractivity contribution is 6.16. The lowest BCUT2D eigenvalue weighted by Crippen LogP contribution is -2.29. The zero-order valence-corrected chi connectivity index (χ0v) is 40.0. The standard InChI is InChI=1S/C21H24N2O3.C14H16N2.C9H14O4.C8H13NO3/c1-3-26-21(25)20(17(2)24)14-22-23(15-18-10-6-4-7-11-18)16-19-12-8-5-9-13-19;15-16(11-13-7-3-1-4-8-13)12-14-9-5-2-6-10-14;1-4-12-6-8(7(3)10)9(11)13-5-2;1-4-12-8(11)7(5-9-3)6(2)10/h4-14,24H,3,15-16H2,1-2H3;1-10H,11-12,15H2;6H,4-5H2,1-3H3;5,10H,4H2,1-3H3. The van der Waals surface area contributed by atoms with Crippen molar-refractivity contribution in [2.45, 2.75) is 74.6 Å². The Morgan fingerprint density at radius 2 is 0.881 bits per heavy atom. The number of aliphatic hydroxyl groups is 2. The number of allylic oxidation sites excluding steroid dienone is 2. The summed E-state index contributed by atoms with van der Waals surface area (Å²) in [5.41, 5.74) is 4.77. The molecule has 4 aromatic rings. The Morgan fingerprint density at radius 1 is 0.537 bits per heavy atom. The molecule has 0 unspecified atom stereocenters. The third-order valence-corrected chi connectivity index (χ3v) is 8.49. The molecule has 0 aliphatic heterocycles. The average Bonchev–Trinajstić information content (AvgIpc) is 3.30. The van der Waals surface area contributed by atoms with Crippen molar-refractivity contribution in [1.29, 1.82) is 0 Å². The summed E-state index contributed by atoms with van der Waals surface area (Å²) in [6.07, 6.45) is 3.77. The van der Waals surface area contributed by atoms with E-state index in [1.54, 1.807) is 27.7 Å². The lowest BCUT2D eigenvalue weighted by atomic mass is 10.2. The predicted octanol–water partition coefficient (Wildman–Crippen LogP) is 8.77. The Balaban J connectivity index is 0.000000474. The van der Waals surface area contributed by atoms with E-state index in [4.69, 9.17) is 20.4 Å². The van der Waals surface area contributed by atoms with Gasteiger partial charge < -0.3 is 29.2 Å². The van der Waals surface area contributed by atoms with Crippen LogP contribution in [0, 0.1) is 0 Å². The lowest BCUT2D eigenvalue weighted by Gasteiger charge is -2.19. The molecule has 4 N–H and O–H groups in total. The van der Waals surface area contributed by atoms with Crippen molar-refractivity contribution < 1.29 is 48.3 Å². The normalized spacial score (nSPS) is 11.6.